The van der Waals surface area contributed by atoms with E-state index in [9.17, 15) is 4.79 Å². The Bertz CT molecular complexity index is 775. The van der Waals surface area contributed by atoms with Crippen LogP contribution in [0.3, 0.4) is 0 Å². The van der Waals surface area contributed by atoms with Crippen molar-refractivity contribution in [3.63, 3.8) is 0 Å². The quantitative estimate of drug-likeness (QED) is 0.608. The number of halogens is 1. The fourth-order valence-electron chi connectivity index (χ4n) is 2.27. The number of hydrogen-bond acceptors (Lipinski definition) is 4. The van der Waals surface area contributed by atoms with Gasteiger partial charge in [0.1, 0.15) is 0 Å². The first-order valence-corrected chi connectivity index (χ1v) is 8.78. The topological polar surface area (TPSA) is 45.0 Å². The Morgan fingerprint density at radius 2 is 1.88 bits per heavy atom. The van der Waals surface area contributed by atoms with Crippen LogP contribution in [0.5, 0.6) is 0 Å². The van der Waals surface area contributed by atoms with E-state index in [1.807, 2.05) is 49.4 Å². The second-order valence-electron chi connectivity index (χ2n) is 5.35. The van der Waals surface area contributed by atoms with E-state index in [-0.39, 0.29) is 11.2 Å². The number of rotatable bonds is 4. The van der Waals surface area contributed by atoms with E-state index in [0.717, 1.165) is 11.1 Å². The summed E-state index contributed by atoms with van der Waals surface area (Å²) in [6.07, 6.45) is 1.65. The summed E-state index contributed by atoms with van der Waals surface area (Å²) < 4.78 is 0. The Labute approximate surface area is 150 Å². The van der Waals surface area contributed by atoms with Gasteiger partial charge in [0.25, 0.3) is 0 Å². The van der Waals surface area contributed by atoms with Gasteiger partial charge in [0.15, 0.2) is 5.17 Å². The van der Waals surface area contributed by atoms with Crippen LogP contribution in [0, 0.1) is 0 Å². The summed E-state index contributed by atoms with van der Waals surface area (Å²) in [4.78, 5) is 14.0. The van der Waals surface area contributed by atoms with E-state index in [1.54, 1.807) is 23.2 Å². The molecule has 0 unspecified atom stereocenters. The second-order valence-corrected chi connectivity index (χ2v) is 7.09. The summed E-state index contributed by atoms with van der Waals surface area (Å²) in [5.74, 6) is 0.0595. The SMILES string of the molecule is C[C@@H]1S/C(=N\N=C/c2ccc(Cl)cc2)N(Cc2ccccc2)C1=O. The number of nitrogens with zero attached hydrogens (tertiary/aromatic N) is 3. The standard InChI is InChI=1S/C18H16ClN3OS/c1-13-17(23)22(12-15-5-3-2-4-6-15)18(24-13)21-20-11-14-7-9-16(19)10-8-14/h2-11,13H,12H2,1H3/b20-11-,21-18-/t13-/m0/s1. The van der Waals surface area contributed by atoms with Gasteiger partial charge >= 0.3 is 0 Å². The van der Waals surface area contributed by atoms with E-state index in [2.05, 4.69) is 10.2 Å². The molecule has 2 aromatic rings. The number of amides is 1. The molecule has 1 aliphatic rings. The van der Waals surface area contributed by atoms with Gasteiger partial charge in [0.05, 0.1) is 18.0 Å². The molecule has 122 valence electrons. The molecule has 2 aromatic carbocycles. The van der Waals surface area contributed by atoms with Crippen LogP contribution in [-0.2, 0) is 11.3 Å². The van der Waals surface area contributed by atoms with E-state index in [4.69, 9.17) is 11.6 Å². The van der Waals surface area contributed by atoms with Crippen LogP contribution >= 0.6 is 23.4 Å². The van der Waals surface area contributed by atoms with E-state index in [1.165, 1.54) is 11.8 Å². The molecule has 24 heavy (non-hydrogen) atoms. The zero-order chi connectivity index (χ0) is 16.9. The maximum absolute atomic E-state index is 12.3. The number of carbonyl (C=O) groups excluding carboxylic acids is 1. The number of thioether (sulfide) groups is 1. The zero-order valence-corrected chi connectivity index (χ0v) is 14.7. The lowest BCUT2D eigenvalue weighted by atomic mass is 10.2. The molecule has 3 rings (SSSR count). The predicted molar refractivity (Wildman–Crippen MR) is 101 cm³/mol. The highest BCUT2D eigenvalue weighted by atomic mass is 35.5. The molecule has 0 aromatic heterocycles. The van der Waals surface area contributed by atoms with E-state index in [0.29, 0.717) is 16.7 Å². The van der Waals surface area contributed by atoms with Gasteiger partial charge in [-0.1, -0.05) is 65.8 Å². The Kier molecular flexibility index (Phi) is 5.33. The summed E-state index contributed by atoms with van der Waals surface area (Å²) in [5, 5.41) is 9.52. The molecule has 6 heteroatoms. The van der Waals surface area contributed by atoms with Gasteiger partial charge in [-0.25, -0.2) is 0 Å². The van der Waals surface area contributed by atoms with E-state index < -0.39 is 0 Å². The Hall–Kier alpha value is -2.11. The van der Waals surface area contributed by atoms with Crippen molar-refractivity contribution in [3.05, 3.63) is 70.7 Å². The summed E-state index contributed by atoms with van der Waals surface area (Å²) in [5.41, 5.74) is 1.97. The minimum atomic E-state index is -0.141. The molecule has 1 heterocycles. The normalized spacial score (nSPS) is 19.6. The van der Waals surface area contributed by atoms with E-state index >= 15 is 0 Å². The highest BCUT2D eigenvalue weighted by molar-refractivity contribution is 8.15. The Morgan fingerprint density at radius 1 is 1.17 bits per heavy atom. The molecule has 0 bridgehead atoms. The number of amidine groups is 1. The lowest BCUT2D eigenvalue weighted by molar-refractivity contribution is -0.126. The molecule has 0 N–H and O–H groups in total. The third-order valence-electron chi connectivity index (χ3n) is 3.53. The molecule has 4 nitrogen and oxygen atoms in total. The Balaban J connectivity index is 1.76. The smallest absolute Gasteiger partial charge is 0.242 e. The van der Waals surface area contributed by atoms with Crippen LogP contribution in [0.25, 0.3) is 0 Å². The summed E-state index contributed by atoms with van der Waals surface area (Å²) in [6.45, 7) is 2.39. The molecule has 1 amide bonds. The first-order valence-electron chi connectivity index (χ1n) is 7.52. The molecule has 1 aliphatic heterocycles. The number of benzene rings is 2. The van der Waals surface area contributed by atoms with Crippen molar-refractivity contribution in [1.29, 1.82) is 0 Å². The van der Waals surface area contributed by atoms with Crippen LogP contribution in [-0.4, -0.2) is 27.4 Å². The van der Waals surface area contributed by atoms with Crippen LogP contribution in [0.4, 0.5) is 0 Å². The summed E-state index contributed by atoms with van der Waals surface area (Å²) >= 11 is 7.29. The van der Waals surface area contributed by atoms with Gasteiger partial charge in [0, 0.05) is 5.02 Å². The molecular formula is C18H16ClN3OS. The van der Waals surface area contributed by atoms with Crippen molar-refractivity contribution in [2.75, 3.05) is 0 Å². The zero-order valence-electron chi connectivity index (χ0n) is 13.1. The predicted octanol–water partition coefficient (Wildman–Crippen LogP) is 4.19. The lowest BCUT2D eigenvalue weighted by Crippen LogP contribution is -2.30. The lowest BCUT2D eigenvalue weighted by Gasteiger charge is -2.15. The van der Waals surface area contributed by atoms with Crippen molar-refractivity contribution in [3.8, 4) is 0 Å². The van der Waals surface area contributed by atoms with Crippen LogP contribution in [0.1, 0.15) is 18.1 Å². The highest BCUT2D eigenvalue weighted by Crippen LogP contribution is 2.28. The van der Waals surface area contributed by atoms with Gasteiger partial charge in [-0.3, -0.25) is 9.69 Å². The molecule has 1 saturated heterocycles. The number of hydrogen-bond donors (Lipinski definition) is 0. The molecule has 0 aliphatic carbocycles. The second kappa shape index (κ2) is 7.64. The van der Waals surface area contributed by atoms with Crippen molar-refractivity contribution < 1.29 is 4.79 Å². The van der Waals surface area contributed by atoms with Crippen LogP contribution in [0.15, 0.2) is 64.8 Å². The van der Waals surface area contributed by atoms with Crippen molar-refractivity contribution in [2.24, 2.45) is 10.2 Å². The average molecular weight is 358 g/mol. The van der Waals surface area contributed by atoms with Crippen LogP contribution < -0.4 is 0 Å². The number of carbonyl (C=O) groups is 1. The van der Waals surface area contributed by atoms with Gasteiger partial charge in [0.2, 0.25) is 5.91 Å². The van der Waals surface area contributed by atoms with Crippen molar-refractivity contribution >= 4 is 40.7 Å². The van der Waals surface area contributed by atoms with Gasteiger partial charge in [-0.15, -0.1) is 5.10 Å². The fraction of sp³-hybridized carbons (Fsp3) is 0.167. The largest absolute Gasteiger partial charge is 0.284 e. The highest BCUT2D eigenvalue weighted by Gasteiger charge is 2.35. The molecule has 1 fully saturated rings. The van der Waals surface area contributed by atoms with Crippen molar-refractivity contribution in [1.82, 2.24) is 4.90 Å². The molecular weight excluding hydrogens is 342 g/mol. The third kappa shape index (κ3) is 4.04. The monoisotopic (exact) mass is 357 g/mol. The van der Waals surface area contributed by atoms with Crippen LogP contribution in [0.2, 0.25) is 5.02 Å². The first kappa shape index (κ1) is 16.7. The molecule has 0 radical (unpaired) electrons. The van der Waals surface area contributed by atoms with Gasteiger partial charge in [-0.2, -0.15) is 5.10 Å². The van der Waals surface area contributed by atoms with Crippen molar-refractivity contribution in [2.45, 2.75) is 18.7 Å². The minimum Gasteiger partial charge on any atom is -0.284 e. The Morgan fingerprint density at radius 3 is 2.58 bits per heavy atom. The minimum absolute atomic E-state index is 0.0595. The maximum atomic E-state index is 12.3. The fourth-order valence-corrected chi connectivity index (χ4v) is 3.32. The third-order valence-corrected chi connectivity index (χ3v) is 4.85. The summed E-state index contributed by atoms with van der Waals surface area (Å²) in [6, 6.07) is 17.2. The molecule has 0 saturated carbocycles. The molecule has 0 spiro atoms. The average Bonchev–Trinajstić information content (AvgIpc) is 2.85. The maximum Gasteiger partial charge on any atom is 0.242 e. The van der Waals surface area contributed by atoms with Gasteiger partial charge < -0.3 is 0 Å². The summed E-state index contributed by atoms with van der Waals surface area (Å²) in [7, 11) is 0. The first-order chi connectivity index (χ1) is 11.6. The van der Waals surface area contributed by atoms with Gasteiger partial charge in [-0.05, 0) is 30.2 Å². The molecule has 1 atom stereocenters.